The molecule has 18 nitrogen and oxygen atoms in total. The molecule has 1 aliphatic rings. The summed E-state index contributed by atoms with van der Waals surface area (Å²) in [7, 11) is 0. The molecule has 0 radical (unpaired) electrons. The molecule has 0 unspecified atom stereocenters. The predicted octanol–water partition coefficient (Wildman–Crippen LogP) is 5.75. The molecule has 0 spiro atoms. The highest BCUT2D eigenvalue weighted by atomic mass is 32.2. The molecule has 79 heavy (non-hydrogen) atoms. The Balaban J connectivity index is 1.28. The summed E-state index contributed by atoms with van der Waals surface area (Å²) in [4.78, 5) is 135. The zero-order chi connectivity index (χ0) is 57.8. The van der Waals surface area contributed by atoms with Crippen LogP contribution < -0.4 is 21.7 Å². The fraction of sp³-hybridized carbons (Fsp3) is 0.431. The molecule has 0 fully saturated rings. The summed E-state index contributed by atoms with van der Waals surface area (Å²) >= 11 is 1.23. The van der Waals surface area contributed by atoms with Gasteiger partial charge in [-0.2, -0.15) is 11.8 Å². The number of imide groups is 1. The molecule has 0 saturated carbocycles. The van der Waals surface area contributed by atoms with Gasteiger partial charge in [-0.25, -0.2) is 8.78 Å². The molecule has 0 saturated heterocycles. The van der Waals surface area contributed by atoms with Gasteiger partial charge < -0.3 is 31.2 Å². The minimum atomic E-state index is -1.31. The number of thioether (sulfide) groups is 1. The molecular weight excluding hydrogens is 1040 g/mol. The number of nitrogens with one attached hydrogen (secondary N) is 3. The fourth-order valence-electron chi connectivity index (χ4n) is 9.01. The summed E-state index contributed by atoms with van der Waals surface area (Å²) in [6, 6.07) is 14.9. The number of hydrogen-bond donors (Lipinski definition) is 4. The number of aromatic nitrogens is 2. The van der Waals surface area contributed by atoms with Crippen molar-refractivity contribution in [1.82, 2.24) is 35.3 Å². The second kappa shape index (κ2) is 29.9. The number of ketones is 3. The van der Waals surface area contributed by atoms with Gasteiger partial charge in [0.1, 0.15) is 11.6 Å². The summed E-state index contributed by atoms with van der Waals surface area (Å²) in [6.07, 6.45) is 6.97. The minimum Gasteiger partial charge on any atom is -0.370 e. The average molecular weight is 1110 g/mol. The highest BCUT2D eigenvalue weighted by Crippen LogP contribution is 2.41. The van der Waals surface area contributed by atoms with E-state index in [2.05, 4.69) is 20.9 Å². The van der Waals surface area contributed by atoms with E-state index < -0.39 is 88.6 Å². The van der Waals surface area contributed by atoms with Crippen LogP contribution in [0.5, 0.6) is 0 Å². The quantitative estimate of drug-likeness (QED) is 0.0337. The molecule has 5 N–H and O–H groups in total. The van der Waals surface area contributed by atoms with Crippen LogP contribution in [0.15, 0.2) is 97.5 Å². The van der Waals surface area contributed by atoms with E-state index in [1.165, 1.54) is 25.6 Å². The molecule has 2 aromatic carbocycles. The Morgan fingerprint density at radius 1 is 0.785 bits per heavy atom. The van der Waals surface area contributed by atoms with Crippen LogP contribution in [0.4, 0.5) is 8.78 Å². The summed E-state index contributed by atoms with van der Waals surface area (Å²) in [5.74, 6) is -6.92. The number of hydrogen-bond acceptors (Lipinski definition) is 12. The zero-order valence-corrected chi connectivity index (χ0v) is 46.1. The summed E-state index contributed by atoms with van der Waals surface area (Å²) in [6.45, 7) is 9.09. The summed E-state index contributed by atoms with van der Waals surface area (Å²) < 4.78 is 32.0. The monoisotopic (exact) mass is 1110 g/mol. The topological polar surface area (TPSA) is 257 Å². The predicted molar refractivity (Wildman–Crippen MR) is 293 cm³/mol. The maximum Gasteiger partial charge on any atom is 0.254 e. The van der Waals surface area contributed by atoms with E-state index in [4.69, 9.17) is 5.73 Å². The zero-order valence-electron chi connectivity index (χ0n) is 45.3. The molecule has 5 rings (SSSR count). The van der Waals surface area contributed by atoms with Crippen LogP contribution in [0.25, 0.3) is 11.1 Å². The first kappa shape index (κ1) is 62.2. The molecule has 4 atom stereocenters. The highest BCUT2D eigenvalue weighted by molar-refractivity contribution is 7.99. The number of primary amides is 1. The van der Waals surface area contributed by atoms with Gasteiger partial charge in [-0.15, -0.1) is 0 Å². The molecule has 3 heterocycles. The molecule has 2 aromatic heterocycles. The number of benzene rings is 2. The number of carbonyl (C=O) groups is 10. The van der Waals surface area contributed by atoms with Crippen LogP contribution >= 0.6 is 11.8 Å². The first-order valence-corrected chi connectivity index (χ1v) is 27.4. The van der Waals surface area contributed by atoms with Gasteiger partial charge in [-0.05, 0) is 79.1 Å². The van der Waals surface area contributed by atoms with Gasteiger partial charge in [0, 0.05) is 105 Å². The van der Waals surface area contributed by atoms with Crippen molar-refractivity contribution in [3.63, 3.8) is 0 Å². The molecule has 7 amide bonds. The van der Waals surface area contributed by atoms with Gasteiger partial charge in [0.25, 0.3) is 11.8 Å². The van der Waals surface area contributed by atoms with Gasteiger partial charge in [0.2, 0.25) is 29.5 Å². The van der Waals surface area contributed by atoms with Gasteiger partial charge >= 0.3 is 0 Å². The Morgan fingerprint density at radius 2 is 1.48 bits per heavy atom. The van der Waals surface area contributed by atoms with Gasteiger partial charge in [-0.3, -0.25) is 57.8 Å². The van der Waals surface area contributed by atoms with E-state index in [9.17, 15) is 52.3 Å². The van der Waals surface area contributed by atoms with E-state index in [0.717, 1.165) is 40.8 Å². The number of amides is 7. The first-order valence-electron chi connectivity index (χ1n) is 26.2. The Kier molecular flexibility index (Phi) is 23.5. The fourth-order valence-corrected chi connectivity index (χ4v) is 9.82. The Bertz CT molecular complexity index is 2860. The standard InChI is InChI=1S/C58H70F2N8O10S/c1-37(28-49(71)38(2)64-52(74)29-39-20-24-62-25-21-39)57(78)65-46(32-50(61)72)48(70)15-9-10-26-67(55(77)36-79-27-22-51(73)63-23-11-14-43(69)35-68-53(75)18-19-54(68)76)56(58(3,4)5)47-30-41(44-31-42(59)16-17-45(44)60)34-66(47)33-40-12-7-6-8-13-40/h6-8,12-13,16-21,24-25,30-31,34,37-38,46,56H,9-11,14-15,22-23,26-29,32-33,35-36H2,1-5H3,(H2,61,72)(H,63,73)(H,64,74)(H,65,78)/t37-,38-,46-,56-/m0/s1. The Morgan fingerprint density at radius 3 is 2.15 bits per heavy atom. The molecule has 1 aliphatic heterocycles. The van der Waals surface area contributed by atoms with Crippen LogP contribution in [0.2, 0.25) is 0 Å². The lowest BCUT2D eigenvalue weighted by molar-refractivity contribution is -0.140. The van der Waals surface area contributed by atoms with Crippen LogP contribution in [-0.4, -0.2) is 121 Å². The van der Waals surface area contributed by atoms with Crippen molar-refractivity contribution < 1.29 is 56.7 Å². The lowest BCUT2D eigenvalue weighted by Crippen LogP contribution is -2.46. The van der Waals surface area contributed by atoms with E-state index in [-0.39, 0.29) is 106 Å². The van der Waals surface area contributed by atoms with Crippen molar-refractivity contribution in [3.8, 4) is 11.1 Å². The van der Waals surface area contributed by atoms with E-state index in [1.54, 1.807) is 41.7 Å². The van der Waals surface area contributed by atoms with Crippen molar-refractivity contribution in [2.75, 3.05) is 31.1 Å². The summed E-state index contributed by atoms with van der Waals surface area (Å²) in [5.41, 5.74) is 7.47. The van der Waals surface area contributed by atoms with Crippen molar-refractivity contribution in [1.29, 1.82) is 0 Å². The largest absolute Gasteiger partial charge is 0.370 e. The van der Waals surface area contributed by atoms with Gasteiger partial charge in [0.05, 0.1) is 43.3 Å². The lowest BCUT2D eigenvalue weighted by Gasteiger charge is -2.41. The number of pyridine rings is 1. The molecule has 0 aliphatic carbocycles. The SMILES string of the molecule is C[C@H](NC(=O)Cc1ccncc1)C(=O)C[C@H](C)C(=O)N[C@@H](CC(N)=O)C(=O)CCCCN(C(=O)CSCCC(=O)NCCCC(=O)CN1C(=O)C=CC1=O)[C@@H](c1cc(-c2cc(F)ccc2F)cn1Cc1ccccc1)C(C)(C)C. The normalized spacial score (nSPS) is 13.8. The number of halogens is 2. The third-order valence-corrected chi connectivity index (χ3v) is 14.0. The van der Waals surface area contributed by atoms with Crippen molar-refractivity contribution in [2.45, 2.75) is 117 Å². The number of carbonyl (C=O) groups excluding carboxylic acids is 10. The van der Waals surface area contributed by atoms with Gasteiger partial charge in [-0.1, -0.05) is 58.0 Å². The van der Waals surface area contributed by atoms with E-state index >= 15 is 4.39 Å². The minimum absolute atomic E-state index is 0.0240. The number of nitrogens with two attached hydrogens (primary N) is 1. The van der Waals surface area contributed by atoms with Crippen LogP contribution in [0.3, 0.4) is 0 Å². The lowest BCUT2D eigenvalue weighted by atomic mass is 9.82. The van der Waals surface area contributed by atoms with Crippen LogP contribution in [-0.2, 0) is 60.9 Å². The second-order valence-corrected chi connectivity index (χ2v) is 21.8. The van der Waals surface area contributed by atoms with E-state index in [1.807, 2.05) is 55.7 Å². The smallest absolute Gasteiger partial charge is 0.254 e. The Labute approximate surface area is 463 Å². The highest BCUT2D eigenvalue weighted by Gasteiger charge is 2.37. The van der Waals surface area contributed by atoms with Gasteiger partial charge in [0.15, 0.2) is 17.3 Å². The maximum atomic E-state index is 15.5. The number of nitrogens with zero attached hydrogens (tertiary/aromatic N) is 4. The number of unbranched alkanes of at least 4 members (excludes halogenated alkanes) is 1. The molecule has 422 valence electrons. The van der Waals surface area contributed by atoms with Crippen molar-refractivity contribution in [3.05, 3.63) is 126 Å². The van der Waals surface area contributed by atoms with Crippen LogP contribution in [0, 0.1) is 23.0 Å². The molecule has 0 bridgehead atoms. The molecule has 4 aromatic rings. The first-order chi connectivity index (χ1) is 37.5. The third kappa shape index (κ3) is 19.6. The number of rotatable bonds is 32. The second-order valence-electron chi connectivity index (χ2n) is 20.7. The van der Waals surface area contributed by atoms with Crippen LogP contribution in [0.1, 0.15) is 109 Å². The van der Waals surface area contributed by atoms with Crippen molar-refractivity contribution >= 4 is 70.5 Å². The van der Waals surface area contributed by atoms with Crippen molar-refractivity contribution in [2.24, 2.45) is 17.1 Å². The average Bonchev–Trinajstić information content (AvgIpc) is 3.96. The number of Topliss-reactive ketones (excluding diaryl/α,β-unsaturated/α-hetero) is 3. The van der Waals surface area contributed by atoms with E-state index in [0.29, 0.717) is 23.4 Å². The summed E-state index contributed by atoms with van der Waals surface area (Å²) in [5, 5.41) is 7.98. The maximum absolute atomic E-state index is 15.5. The molecule has 21 heteroatoms. The molecular formula is C58H70F2N8O10S. The Hall–Kier alpha value is -7.68. The third-order valence-electron chi connectivity index (χ3n) is 13.1.